The van der Waals surface area contributed by atoms with Crippen molar-refractivity contribution in [3.05, 3.63) is 23.5 Å². The van der Waals surface area contributed by atoms with Gasteiger partial charge in [-0.25, -0.2) is 9.18 Å². The molecule has 4 nitrogen and oxygen atoms in total. The zero-order valence-corrected chi connectivity index (χ0v) is 10.5. The monoisotopic (exact) mass is 252 g/mol. The number of anilines is 2. The number of carbonyl (C=O) groups excluding carboxylic acids is 1. The van der Waals surface area contributed by atoms with Gasteiger partial charge in [-0.3, -0.25) is 0 Å². The highest BCUT2D eigenvalue weighted by Crippen LogP contribution is 2.34. The molecule has 2 unspecified atom stereocenters. The molecule has 0 bridgehead atoms. The van der Waals surface area contributed by atoms with Crippen LogP contribution >= 0.6 is 0 Å². The third-order valence-electron chi connectivity index (χ3n) is 3.08. The maximum atomic E-state index is 13.7. The highest BCUT2D eigenvalue weighted by Gasteiger charge is 2.33. The standard InChI is InChI=1S/C13H17FN2O2/c1-3-18-13(17)8-5-12(9(14)6-10(8)15)16-11-4-7(11)2/h5-7,11,16H,3-4,15H2,1-2H3. The zero-order valence-electron chi connectivity index (χ0n) is 10.5. The van der Waals surface area contributed by atoms with E-state index in [1.807, 2.05) is 0 Å². The number of rotatable bonds is 4. The SMILES string of the molecule is CCOC(=O)c1cc(NC2CC2C)c(F)cc1N. The highest BCUT2D eigenvalue weighted by molar-refractivity contribution is 5.96. The van der Waals surface area contributed by atoms with Crippen LogP contribution in [-0.2, 0) is 4.74 Å². The second kappa shape index (κ2) is 4.84. The lowest BCUT2D eigenvalue weighted by atomic mass is 10.1. The van der Waals surface area contributed by atoms with Crippen LogP contribution in [0.5, 0.6) is 0 Å². The number of nitrogens with one attached hydrogen (secondary N) is 1. The first kappa shape index (κ1) is 12.7. The second-order valence-electron chi connectivity index (χ2n) is 4.60. The Labute approximate surface area is 105 Å². The van der Waals surface area contributed by atoms with Gasteiger partial charge < -0.3 is 15.8 Å². The predicted molar refractivity (Wildman–Crippen MR) is 68.0 cm³/mol. The molecule has 1 saturated carbocycles. The number of halogens is 1. The number of hydrogen-bond donors (Lipinski definition) is 2. The van der Waals surface area contributed by atoms with Crippen molar-refractivity contribution in [3.8, 4) is 0 Å². The van der Waals surface area contributed by atoms with Crippen LogP contribution in [0.3, 0.4) is 0 Å². The fraction of sp³-hybridized carbons (Fsp3) is 0.462. The third-order valence-corrected chi connectivity index (χ3v) is 3.08. The van der Waals surface area contributed by atoms with Crippen LogP contribution in [0.25, 0.3) is 0 Å². The van der Waals surface area contributed by atoms with Gasteiger partial charge in [-0.1, -0.05) is 6.92 Å². The van der Waals surface area contributed by atoms with Crippen molar-refractivity contribution < 1.29 is 13.9 Å². The van der Waals surface area contributed by atoms with Gasteiger partial charge in [-0.15, -0.1) is 0 Å². The predicted octanol–water partition coefficient (Wildman–Crippen LogP) is 2.40. The van der Waals surface area contributed by atoms with Gasteiger partial charge in [0.05, 0.1) is 17.9 Å². The van der Waals surface area contributed by atoms with Gasteiger partial charge in [0.15, 0.2) is 0 Å². The number of esters is 1. The molecule has 0 amide bonds. The van der Waals surface area contributed by atoms with E-state index >= 15 is 0 Å². The lowest BCUT2D eigenvalue weighted by Crippen LogP contribution is -2.11. The first-order valence-electron chi connectivity index (χ1n) is 6.05. The molecular weight excluding hydrogens is 235 g/mol. The van der Waals surface area contributed by atoms with E-state index in [0.29, 0.717) is 11.6 Å². The first-order valence-corrected chi connectivity index (χ1v) is 6.05. The number of carbonyl (C=O) groups is 1. The summed E-state index contributed by atoms with van der Waals surface area (Å²) in [5.41, 5.74) is 6.23. The summed E-state index contributed by atoms with van der Waals surface area (Å²) in [7, 11) is 0. The topological polar surface area (TPSA) is 64.3 Å². The molecule has 0 radical (unpaired) electrons. The van der Waals surface area contributed by atoms with Crippen LogP contribution in [0.4, 0.5) is 15.8 Å². The van der Waals surface area contributed by atoms with Crippen LogP contribution in [0.2, 0.25) is 0 Å². The molecule has 0 aliphatic heterocycles. The van der Waals surface area contributed by atoms with E-state index < -0.39 is 11.8 Å². The summed E-state index contributed by atoms with van der Waals surface area (Å²) in [5.74, 6) is -0.436. The number of nitrogen functional groups attached to an aromatic ring is 1. The van der Waals surface area contributed by atoms with Gasteiger partial charge in [0, 0.05) is 11.7 Å². The molecule has 1 aromatic carbocycles. The number of ether oxygens (including phenoxy) is 1. The fourth-order valence-electron chi connectivity index (χ4n) is 1.81. The molecule has 98 valence electrons. The van der Waals surface area contributed by atoms with E-state index in [1.54, 1.807) is 6.92 Å². The molecule has 1 aliphatic rings. The number of hydrogen-bond acceptors (Lipinski definition) is 4. The minimum absolute atomic E-state index is 0.0975. The molecule has 0 aromatic heterocycles. The van der Waals surface area contributed by atoms with E-state index in [4.69, 9.17) is 10.5 Å². The van der Waals surface area contributed by atoms with Crippen LogP contribution in [0.15, 0.2) is 12.1 Å². The van der Waals surface area contributed by atoms with E-state index in [0.717, 1.165) is 12.5 Å². The smallest absolute Gasteiger partial charge is 0.340 e. The average molecular weight is 252 g/mol. The van der Waals surface area contributed by atoms with Crippen molar-refractivity contribution >= 4 is 17.3 Å². The van der Waals surface area contributed by atoms with Gasteiger partial charge in [0.25, 0.3) is 0 Å². The molecule has 0 spiro atoms. The summed E-state index contributed by atoms with van der Waals surface area (Å²) >= 11 is 0. The number of benzene rings is 1. The number of nitrogens with two attached hydrogens (primary N) is 1. The lowest BCUT2D eigenvalue weighted by molar-refractivity contribution is 0.0527. The van der Waals surface area contributed by atoms with E-state index in [1.165, 1.54) is 6.07 Å². The Balaban J connectivity index is 2.24. The molecule has 0 saturated heterocycles. The Morgan fingerprint density at radius 2 is 2.28 bits per heavy atom. The Hall–Kier alpha value is -1.78. The summed E-state index contributed by atoms with van der Waals surface area (Å²) < 4.78 is 18.6. The van der Waals surface area contributed by atoms with Gasteiger partial charge in [0.1, 0.15) is 5.82 Å². The third kappa shape index (κ3) is 2.55. The molecule has 1 aliphatic carbocycles. The van der Waals surface area contributed by atoms with Crippen molar-refractivity contribution in [1.82, 2.24) is 0 Å². The Morgan fingerprint density at radius 3 is 2.83 bits per heavy atom. The van der Waals surface area contributed by atoms with E-state index in [9.17, 15) is 9.18 Å². The summed E-state index contributed by atoms with van der Waals surface area (Å²) in [6.07, 6.45) is 1.01. The normalized spacial score (nSPS) is 21.5. The molecule has 2 rings (SSSR count). The molecule has 2 atom stereocenters. The van der Waals surface area contributed by atoms with E-state index in [-0.39, 0.29) is 23.9 Å². The largest absolute Gasteiger partial charge is 0.462 e. The van der Waals surface area contributed by atoms with Crippen molar-refractivity contribution in [2.75, 3.05) is 17.7 Å². The Kier molecular flexibility index (Phi) is 3.41. The zero-order chi connectivity index (χ0) is 13.3. The van der Waals surface area contributed by atoms with E-state index in [2.05, 4.69) is 12.2 Å². The van der Waals surface area contributed by atoms with Gasteiger partial charge in [-0.05, 0) is 31.4 Å². The van der Waals surface area contributed by atoms with Gasteiger partial charge in [-0.2, -0.15) is 0 Å². The Bertz CT molecular complexity index is 476. The summed E-state index contributed by atoms with van der Waals surface area (Å²) in [6, 6.07) is 2.85. The van der Waals surface area contributed by atoms with Gasteiger partial charge >= 0.3 is 5.97 Å². The Morgan fingerprint density at radius 1 is 1.61 bits per heavy atom. The lowest BCUT2D eigenvalue weighted by Gasteiger charge is -2.11. The van der Waals surface area contributed by atoms with Gasteiger partial charge in [0.2, 0.25) is 0 Å². The molecule has 0 heterocycles. The average Bonchev–Trinajstić information content (AvgIpc) is 2.98. The summed E-state index contributed by atoms with van der Waals surface area (Å²) in [5, 5.41) is 3.06. The molecule has 1 fully saturated rings. The van der Waals surface area contributed by atoms with Crippen LogP contribution in [0.1, 0.15) is 30.6 Å². The summed E-state index contributed by atoms with van der Waals surface area (Å²) in [6.45, 7) is 4.06. The molecule has 1 aromatic rings. The second-order valence-corrected chi connectivity index (χ2v) is 4.60. The fourth-order valence-corrected chi connectivity index (χ4v) is 1.81. The maximum Gasteiger partial charge on any atom is 0.340 e. The minimum Gasteiger partial charge on any atom is -0.462 e. The quantitative estimate of drug-likeness (QED) is 0.638. The maximum absolute atomic E-state index is 13.7. The van der Waals surface area contributed by atoms with Crippen molar-refractivity contribution in [3.63, 3.8) is 0 Å². The molecule has 18 heavy (non-hydrogen) atoms. The minimum atomic E-state index is -0.526. The molecule has 3 N–H and O–H groups in total. The summed E-state index contributed by atoms with van der Waals surface area (Å²) in [4.78, 5) is 11.6. The molecule has 5 heteroatoms. The first-order chi connectivity index (χ1) is 8.52. The van der Waals surface area contributed by atoms with Crippen molar-refractivity contribution in [2.24, 2.45) is 5.92 Å². The molecular formula is C13H17FN2O2. The highest BCUT2D eigenvalue weighted by atomic mass is 19.1. The van der Waals surface area contributed by atoms with Crippen LogP contribution < -0.4 is 11.1 Å². The van der Waals surface area contributed by atoms with Crippen molar-refractivity contribution in [2.45, 2.75) is 26.3 Å². The van der Waals surface area contributed by atoms with Crippen LogP contribution in [0, 0.1) is 11.7 Å². The van der Waals surface area contributed by atoms with Crippen molar-refractivity contribution in [1.29, 1.82) is 0 Å². The van der Waals surface area contributed by atoms with Crippen LogP contribution in [-0.4, -0.2) is 18.6 Å².